The topological polar surface area (TPSA) is 62.3 Å². The first-order valence-corrected chi connectivity index (χ1v) is 11.8. The second-order valence-corrected chi connectivity index (χ2v) is 10.3. The number of anilines is 1. The van der Waals surface area contributed by atoms with Gasteiger partial charge in [0.05, 0.1) is 28.2 Å². The fourth-order valence-electron chi connectivity index (χ4n) is 4.79. The summed E-state index contributed by atoms with van der Waals surface area (Å²) in [7, 11) is 3.78. The van der Waals surface area contributed by atoms with Crippen molar-refractivity contribution in [3.8, 4) is 5.75 Å². The zero-order valence-electron chi connectivity index (χ0n) is 17.9. The van der Waals surface area contributed by atoms with Crippen molar-refractivity contribution in [1.82, 2.24) is 14.3 Å². The van der Waals surface area contributed by atoms with Crippen LogP contribution >= 0.6 is 23.8 Å². The molecule has 0 amide bonds. The lowest BCUT2D eigenvalue weighted by Crippen LogP contribution is -2.45. The van der Waals surface area contributed by atoms with Gasteiger partial charge in [0.25, 0.3) is 5.56 Å². The highest BCUT2D eigenvalue weighted by molar-refractivity contribution is 7.72. The van der Waals surface area contributed by atoms with Crippen molar-refractivity contribution in [2.75, 3.05) is 32.1 Å². The average molecular weight is 445 g/mol. The van der Waals surface area contributed by atoms with Crippen LogP contribution in [0.4, 0.5) is 5.69 Å². The van der Waals surface area contributed by atoms with Gasteiger partial charge in [0.1, 0.15) is 4.83 Å². The second kappa shape index (κ2) is 7.07. The molecule has 30 heavy (non-hydrogen) atoms. The minimum absolute atomic E-state index is 0.0870. The van der Waals surface area contributed by atoms with Crippen LogP contribution in [-0.2, 0) is 0 Å². The molecule has 1 atom stereocenters. The minimum Gasteiger partial charge on any atom is -0.492 e. The van der Waals surface area contributed by atoms with E-state index in [1.165, 1.54) is 11.5 Å². The summed E-state index contributed by atoms with van der Waals surface area (Å²) in [5.41, 5.74) is 2.15. The van der Waals surface area contributed by atoms with Crippen LogP contribution in [0.5, 0.6) is 5.75 Å². The molecule has 1 saturated heterocycles. The summed E-state index contributed by atoms with van der Waals surface area (Å²) in [6.45, 7) is 6.53. The number of aromatic nitrogens is 2. The number of pyridine rings is 1. The Morgan fingerprint density at radius 2 is 2.07 bits per heavy atom. The molecule has 2 fully saturated rings. The molecule has 0 unspecified atom stereocenters. The van der Waals surface area contributed by atoms with E-state index in [0.29, 0.717) is 21.9 Å². The van der Waals surface area contributed by atoms with Crippen LogP contribution in [0.3, 0.4) is 0 Å². The summed E-state index contributed by atoms with van der Waals surface area (Å²) in [5, 5.41) is 5.04. The van der Waals surface area contributed by atoms with Crippen molar-refractivity contribution in [2.45, 2.75) is 44.7 Å². The summed E-state index contributed by atoms with van der Waals surface area (Å²) >= 11 is 7.15. The summed E-state index contributed by atoms with van der Waals surface area (Å²) in [6, 6.07) is 4.60. The van der Waals surface area contributed by atoms with Crippen LogP contribution in [0.2, 0.25) is 0 Å². The molecule has 3 aromatic rings. The molecule has 1 aliphatic heterocycles. The monoisotopic (exact) mass is 444 g/mol. The fourth-order valence-corrected chi connectivity index (χ4v) is 6.13. The first-order valence-electron chi connectivity index (χ1n) is 10.6. The summed E-state index contributed by atoms with van der Waals surface area (Å²) in [6.07, 6.45) is 3.38. The third-order valence-electron chi connectivity index (χ3n) is 7.03. The summed E-state index contributed by atoms with van der Waals surface area (Å²) < 4.78 is 11.9. The Hall–Kier alpha value is -1.90. The van der Waals surface area contributed by atoms with Gasteiger partial charge in [0.15, 0.2) is 5.75 Å². The molecule has 8 heteroatoms. The number of hydrogen-bond acceptors (Lipinski definition) is 6. The number of hydrogen-bond donors (Lipinski definition) is 2. The number of fused-ring (bicyclic) bond motifs is 2. The van der Waals surface area contributed by atoms with Crippen LogP contribution < -0.4 is 20.5 Å². The van der Waals surface area contributed by atoms with Crippen molar-refractivity contribution in [1.29, 1.82) is 0 Å². The number of nitrogens with zero attached hydrogens (tertiary/aromatic N) is 2. The number of methoxy groups -OCH3 is 1. The molecule has 6 nitrogen and oxygen atoms in total. The molecule has 0 spiro atoms. The Morgan fingerprint density at radius 3 is 2.73 bits per heavy atom. The van der Waals surface area contributed by atoms with Crippen molar-refractivity contribution in [3.63, 3.8) is 0 Å². The lowest BCUT2D eigenvalue weighted by atomic mass is 9.87. The number of rotatable bonds is 5. The summed E-state index contributed by atoms with van der Waals surface area (Å²) in [5.74, 6) is 1.43. The Balaban J connectivity index is 1.73. The largest absolute Gasteiger partial charge is 0.492 e. The highest BCUT2D eigenvalue weighted by Gasteiger charge is 2.36. The van der Waals surface area contributed by atoms with Gasteiger partial charge in [0.2, 0.25) is 0 Å². The van der Waals surface area contributed by atoms with Crippen LogP contribution in [0.1, 0.15) is 39.2 Å². The molecular weight excluding hydrogens is 416 g/mol. The van der Waals surface area contributed by atoms with Crippen molar-refractivity contribution in [2.24, 2.45) is 5.92 Å². The molecule has 2 aromatic heterocycles. The van der Waals surface area contributed by atoms with E-state index in [1.54, 1.807) is 7.11 Å². The predicted octanol–water partition coefficient (Wildman–Crippen LogP) is 4.44. The molecule has 5 rings (SSSR count). The Labute approximate surface area is 185 Å². The van der Waals surface area contributed by atoms with Crippen molar-refractivity contribution in [3.05, 3.63) is 27.0 Å². The smallest absolute Gasteiger partial charge is 0.268 e. The molecule has 0 radical (unpaired) electrons. The predicted molar refractivity (Wildman–Crippen MR) is 127 cm³/mol. The van der Waals surface area contributed by atoms with E-state index < -0.39 is 0 Å². The highest BCUT2D eigenvalue weighted by atomic mass is 32.1. The molecule has 160 valence electrons. The van der Waals surface area contributed by atoms with Gasteiger partial charge in [-0.3, -0.25) is 9.17 Å². The van der Waals surface area contributed by atoms with Gasteiger partial charge in [-0.1, -0.05) is 12.2 Å². The van der Waals surface area contributed by atoms with Gasteiger partial charge in [-0.05, 0) is 69.7 Å². The van der Waals surface area contributed by atoms with Crippen LogP contribution in [0.25, 0.3) is 21.1 Å². The first kappa shape index (κ1) is 20.0. The maximum absolute atomic E-state index is 12.5. The van der Waals surface area contributed by atoms with Crippen LogP contribution in [0, 0.1) is 10.4 Å². The zero-order valence-corrected chi connectivity index (χ0v) is 19.5. The van der Waals surface area contributed by atoms with Crippen molar-refractivity contribution < 1.29 is 4.74 Å². The van der Waals surface area contributed by atoms with Crippen LogP contribution in [-0.4, -0.2) is 41.7 Å². The van der Waals surface area contributed by atoms with Crippen molar-refractivity contribution >= 4 is 50.6 Å². The highest BCUT2D eigenvalue weighted by Crippen LogP contribution is 2.47. The number of benzene rings is 1. The lowest BCUT2D eigenvalue weighted by Gasteiger charge is -2.32. The van der Waals surface area contributed by atoms with E-state index in [4.69, 9.17) is 17.0 Å². The van der Waals surface area contributed by atoms with Gasteiger partial charge in [0, 0.05) is 30.1 Å². The summed E-state index contributed by atoms with van der Waals surface area (Å²) in [4.78, 5) is 15.8. The third-order valence-corrected chi connectivity index (χ3v) is 8.34. The minimum atomic E-state index is -0.0870. The van der Waals surface area contributed by atoms with E-state index in [9.17, 15) is 4.79 Å². The maximum atomic E-state index is 12.5. The number of H-pyrrole nitrogens is 1. The van der Waals surface area contributed by atoms with Gasteiger partial charge in [-0.2, -0.15) is 0 Å². The van der Waals surface area contributed by atoms with E-state index in [-0.39, 0.29) is 11.1 Å². The van der Waals surface area contributed by atoms with Gasteiger partial charge < -0.3 is 19.5 Å². The normalized spacial score (nSPS) is 19.9. The van der Waals surface area contributed by atoms with E-state index in [2.05, 4.69) is 45.1 Å². The number of ether oxygens (including phenoxy) is 1. The first-order chi connectivity index (χ1) is 14.4. The molecule has 2 N–H and O–H groups in total. The quantitative estimate of drug-likeness (QED) is 0.570. The number of nitrogens with one attached hydrogen (secondary N) is 2. The SMILES string of the molecule is CNC(C)(C)[C@@H]1CCN(c2ccc3c(=S)c4c(=O)[nH]sc4n(C4CC4)c3c2OC)C1. The maximum Gasteiger partial charge on any atom is 0.268 e. The number of aromatic amines is 1. The zero-order chi connectivity index (χ0) is 21.2. The van der Waals surface area contributed by atoms with E-state index >= 15 is 0 Å². The molecule has 1 aromatic carbocycles. The standard InChI is InChI=1S/C22H28N4O2S2/c1-22(2,23-3)12-9-10-25(11-12)15-8-7-14-17(18(15)28-4)26(13-5-6-13)21-16(19(14)29)20(27)24-30-21/h7-8,12-13,23H,5-6,9-11H2,1-4H3,(H,24,27)/t12-/m1/s1. The third kappa shape index (κ3) is 2.92. The molecular formula is C22H28N4O2S2. The van der Waals surface area contributed by atoms with Gasteiger partial charge in [-0.25, -0.2) is 0 Å². The molecule has 3 heterocycles. The van der Waals surface area contributed by atoms with Crippen LogP contribution in [0.15, 0.2) is 16.9 Å². The Bertz CT molecular complexity index is 1250. The molecule has 0 bridgehead atoms. The Kier molecular flexibility index (Phi) is 4.72. The van der Waals surface area contributed by atoms with Gasteiger partial charge >= 0.3 is 0 Å². The van der Waals surface area contributed by atoms with E-state index in [1.807, 2.05) is 7.05 Å². The molecule has 2 aliphatic rings. The van der Waals surface area contributed by atoms with Gasteiger partial charge in [-0.15, -0.1) is 0 Å². The lowest BCUT2D eigenvalue weighted by molar-refractivity contribution is 0.290. The second-order valence-electron chi connectivity index (χ2n) is 9.06. The Morgan fingerprint density at radius 1 is 1.30 bits per heavy atom. The average Bonchev–Trinajstić information content (AvgIpc) is 3.30. The molecule has 1 aliphatic carbocycles. The molecule has 1 saturated carbocycles. The van der Waals surface area contributed by atoms with E-state index in [0.717, 1.165) is 59.5 Å². The fraction of sp³-hybridized carbons (Fsp3) is 0.545.